The number of aromatic nitrogens is 1. The lowest BCUT2D eigenvalue weighted by molar-refractivity contribution is 0.0521. The van der Waals surface area contributed by atoms with E-state index >= 15 is 0 Å². The molecule has 1 N–H and O–H groups in total. The van der Waals surface area contributed by atoms with Gasteiger partial charge in [0.1, 0.15) is 11.5 Å². The Hall–Kier alpha value is -2.33. The zero-order valence-corrected chi connectivity index (χ0v) is 12.6. The van der Waals surface area contributed by atoms with Gasteiger partial charge in [-0.1, -0.05) is 29.8 Å². The van der Waals surface area contributed by atoms with Crippen molar-refractivity contribution in [2.24, 2.45) is 0 Å². The van der Waals surface area contributed by atoms with Crippen molar-refractivity contribution < 1.29 is 13.9 Å². The van der Waals surface area contributed by atoms with Gasteiger partial charge < -0.3 is 9.72 Å². The second-order valence-electron chi connectivity index (χ2n) is 4.77. The summed E-state index contributed by atoms with van der Waals surface area (Å²) in [4.78, 5) is 15.2. The summed E-state index contributed by atoms with van der Waals surface area (Å²) in [6, 6.07) is 11.4. The minimum Gasteiger partial charge on any atom is -0.461 e. The molecule has 22 heavy (non-hydrogen) atoms. The third-order valence-corrected chi connectivity index (χ3v) is 3.71. The van der Waals surface area contributed by atoms with Crippen molar-refractivity contribution in [3.05, 3.63) is 59.0 Å². The largest absolute Gasteiger partial charge is 0.461 e. The topological polar surface area (TPSA) is 42.1 Å². The lowest BCUT2D eigenvalue weighted by Crippen LogP contribution is -2.06. The molecule has 0 fully saturated rings. The molecule has 1 heterocycles. The van der Waals surface area contributed by atoms with Crippen LogP contribution in [0.15, 0.2) is 42.5 Å². The predicted octanol–water partition coefficient (Wildman–Crippen LogP) is 4.80. The van der Waals surface area contributed by atoms with Crippen LogP contribution in [-0.4, -0.2) is 17.6 Å². The molecule has 0 spiro atoms. The van der Waals surface area contributed by atoms with E-state index in [2.05, 4.69) is 4.98 Å². The van der Waals surface area contributed by atoms with Crippen LogP contribution < -0.4 is 0 Å². The molecule has 3 aromatic rings. The van der Waals surface area contributed by atoms with Crippen LogP contribution in [-0.2, 0) is 4.74 Å². The highest BCUT2D eigenvalue weighted by Crippen LogP contribution is 2.37. The third kappa shape index (κ3) is 2.46. The summed E-state index contributed by atoms with van der Waals surface area (Å²) >= 11 is 6.25. The van der Waals surface area contributed by atoms with Crippen molar-refractivity contribution in [1.82, 2.24) is 4.98 Å². The third-order valence-electron chi connectivity index (χ3n) is 3.38. The Kier molecular flexibility index (Phi) is 3.86. The molecule has 1 aromatic heterocycles. The minimum absolute atomic E-state index is 0.254. The maximum Gasteiger partial charge on any atom is 0.355 e. The SMILES string of the molecule is CCOC(=O)c1[nH]c2ccc(F)cc2c1-c1ccccc1Cl. The summed E-state index contributed by atoms with van der Waals surface area (Å²) in [7, 11) is 0. The first-order chi connectivity index (χ1) is 10.6. The van der Waals surface area contributed by atoms with Crippen molar-refractivity contribution in [3.8, 4) is 11.1 Å². The standard InChI is InChI=1S/C17H13ClFNO2/c1-2-22-17(21)16-15(11-5-3-4-6-13(11)18)12-9-10(19)7-8-14(12)20-16/h3-9,20H,2H2,1H3. The molecular formula is C17H13ClFNO2. The van der Waals surface area contributed by atoms with Crippen molar-refractivity contribution in [3.63, 3.8) is 0 Å². The number of carbonyl (C=O) groups is 1. The van der Waals surface area contributed by atoms with Gasteiger partial charge >= 0.3 is 5.97 Å². The molecule has 0 aliphatic carbocycles. The maximum atomic E-state index is 13.6. The predicted molar refractivity (Wildman–Crippen MR) is 84.7 cm³/mol. The normalized spacial score (nSPS) is 10.9. The van der Waals surface area contributed by atoms with Crippen molar-refractivity contribution >= 4 is 28.5 Å². The quantitative estimate of drug-likeness (QED) is 0.705. The number of hydrogen-bond donors (Lipinski definition) is 1. The highest BCUT2D eigenvalue weighted by molar-refractivity contribution is 6.34. The van der Waals surface area contributed by atoms with E-state index in [1.807, 2.05) is 6.07 Å². The molecule has 0 saturated heterocycles. The first-order valence-electron chi connectivity index (χ1n) is 6.85. The summed E-state index contributed by atoms with van der Waals surface area (Å²) < 4.78 is 18.7. The van der Waals surface area contributed by atoms with E-state index in [0.717, 1.165) is 0 Å². The average molecular weight is 318 g/mol. The van der Waals surface area contributed by atoms with Crippen molar-refractivity contribution in [2.45, 2.75) is 6.92 Å². The van der Waals surface area contributed by atoms with Gasteiger partial charge in [0.2, 0.25) is 0 Å². The summed E-state index contributed by atoms with van der Waals surface area (Å²) in [5, 5.41) is 1.08. The number of aromatic amines is 1. The minimum atomic E-state index is -0.492. The Bertz CT molecular complexity index is 857. The number of ether oxygens (including phenoxy) is 1. The Balaban J connectivity index is 2.33. The van der Waals surface area contributed by atoms with Crippen LogP contribution in [0, 0.1) is 5.82 Å². The van der Waals surface area contributed by atoms with Crippen molar-refractivity contribution in [2.75, 3.05) is 6.61 Å². The van der Waals surface area contributed by atoms with Crippen molar-refractivity contribution in [1.29, 1.82) is 0 Å². The van der Waals surface area contributed by atoms with E-state index in [1.54, 1.807) is 31.2 Å². The molecule has 0 bridgehead atoms. The lowest BCUT2D eigenvalue weighted by atomic mass is 10.0. The van der Waals surface area contributed by atoms with E-state index in [-0.39, 0.29) is 18.1 Å². The fraction of sp³-hybridized carbons (Fsp3) is 0.118. The monoisotopic (exact) mass is 317 g/mol. The van der Waals surface area contributed by atoms with Gasteiger partial charge in [-0.3, -0.25) is 0 Å². The number of halogens is 2. The molecule has 0 aliphatic heterocycles. The summed E-state index contributed by atoms with van der Waals surface area (Å²) in [5.74, 6) is -0.871. The molecule has 0 saturated carbocycles. The van der Waals surface area contributed by atoms with Gasteiger partial charge in [-0.15, -0.1) is 0 Å². The second kappa shape index (κ2) is 5.81. The van der Waals surface area contributed by atoms with E-state index in [9.17, 15) is 9.18 Å². The van der Waals surface area contributed by atoms with Crippen LogP contribution in [0.5, 0.6) is 0 Å². The molecule has 0 atom stereocenters. The van der Waals surface area contributed by atoms with Gasteiger partial charge in [-0.05, 0) is 31.2 Å². The van der Waals surface area contributed by atoms with Crippen LogP contribution in [0.3, 0.4) is 0 Å². The van der Waals surface area contributed by atoms with Crippen LogP contribution in [0.1, 0.15) is 17.4 Å². The number of benzene rings is 2. The molecule has 0 unspecified atom stereocenters. The first-order valence-corrected chi connectivity index (χ1v) is 7.23. The molecule has 0 radical (unpaired) electrons. The number of nitrogens with one attached hydrogen (secondary N) is 1. The maximum absolute atomic E-state index is 13.6. The molecule has 3 nitrogen and oxygen atoms in total. The Morgan fingerprint density at radius 1 is 1.27 bits per heavy atom. The van der Waals surface area contributed by atoms with Gasteiger partial charge in [0.15, 0.2) is 0 Å². The fourth-order valence-electron chi connectivity index (χ4n) is 2.46. The van der Waals surface area contributed by atoms with Crippen LogP contribution in [0.25, 0.3) is 22.0 Å². The Labute approximate surface area is 131 Å². The Morgan fingerprint density at radius 3 is 2.77 bits per heavy atom. The van der Waals surface area contributed by atoms with Crippen LogP contribution in [0.4, 0.5) is 4.39 Å². The van der Waals surface area contributed by atoms with E-state index in [4.69, 9.17) is 16.3 Å². The Morgan fingerprint density at radius 2 is 2.05 bits per heavy atom. The number of fused-ring (bicyclic) bond motifs is 1. The van der Waals surface area contributed by atoms with E-state index in [0.29, 0.717) is 27.1 Å². The average Bonchev–Trinajstić information content (AvgIpc) is 2.86. The number of rotatable bonds is 3. The first kappa shape index (κ1) is 14.6. The molecular weight excluding hydrogens is 305 g/mol. The van der Waals surface area contributed by atoms with E-state index in [1.165, 1.54) is 12.1 Å². The van der Waals surface area contributed by atoms with Crippen LogP contribution >= 0.6 is 11.6 Å². The smallest absolute Gasteiger partial charge is 0.355 e. The zero-order valence-electron chi connectivity index (χ0n) is 11.8. The molecule has 0 aliphatic rings. The second-order valence-corrected chi connectivity index (χ2v) is 5.17. The lowest BCUT2D eigenvalue weighted by Gasteiger charge is -2.07. The number of H-pyrrole nitrogens is 1. The van der Waals surface area contributed by atoms with Crippen LogP contribution in [0.2, 0.25) is 5.02 Å². The fourth-order valence-corrected chi connectivity index (χ4v) is 2.69. The zero-order chi connectivity index (χ0) is 15.7. The highest BCUT2D eigenvalue weighted by Gasteiger charge is 2.21. The number of esters is 1. The molecule has 112 valence electrons. The molecule has 3 rings (SSSR count). The van der Waals surface area contributed by atoms with Gasteiger partial charge in [0.05, 0.1) is 6.61 Å². The van der Waals surface area contributed by atoms with Gasteiger partial charge in [0.25, 0.3) is 0 Å². The number of hydrogen-bond acceptors (Lipinski definition) is 2. The molecule has 2 aromatic carbocycles. The summed E-state index contributed by atoms with van der Waals surface area (Å²) in [5.41, 5.74) is 2.14. The van der Waals surface area contributed by atoms with E-state index < -0.39 is 5.97 Å². The summed E-state index contributed by atoms with van der Waals surface area (Å²) in [6.45, 7) is 1.99. The number of carbonyl (C=O) groups excluding carboxylic acids is 1. The summed E-state index contributed by atoms with van der Waals surface area (Å²) in [6.07, 6.45) is 0. The van der Waals surface area contributed by atoms with Gasteiger partial charge in [-0.2, -0.15) is 0 Å². The van der Waals surface area contributed by atoms with Gasteiger partial charge in [-0.25, -0.2) is 9.18 Å². The molecule has 0 amide bonds. The highest BCUT2D eigenvalue weighted by atomic mass is 35.5. The van der Waals surface area contributed by atoms with Gasteiger partial charge in [0, 0.05) is 27.1 Å². The molecule has 5 heteroatoms.